The Morgan fingerprint density at radius 2 is 2.14 bits per heavy atom. The average molecular weight is 381 g/mol. The van der Waals surface area contributed by atoms with Crippen LogP contribution in [0.3, 0.4) is 0 Å². The van der Waals surface area contributed by atoms with Crippen molar-refractivity contribution in [3.05, 3.63) is 28.2 Å². The molecule has 1 heterocycles. The quantitative estimate of drug-likeness (QED) is 0.759. The lowest BCUT2D eigenvalue weighted by Gasteiger charge is -2.12. The fraction of sp³-hybridized carbons (Fsp3) is 0.500. The number of nitrogens with one attached hydrogen (secondary N) is 1. The standard InChI is InChI=1S/C14H16BrF3N2S/c1-8(2)5-10-7-21-13(20-10)19-9-3-4-12(15)11(6-9)14(16,17)18/h3-4,6,8,10H,5,7H2,1-2H3,(H,19,20). The maximum Gasteiger partial charge on any atom is 0.417 e. The van der Waals surface area contributed by atoms with Gasteiger partial charge < -0.3 is 5.32 Å². The number of rotatable bonds is 3. The molecule has 0 aliphatic carbocycles. The van der Waals surface area contributed by atoms with Crippen LogP contribution in [0.2, 0.25) is 0 Å². The summed E-state index contributed by atoms with van der Waals surface area (Å²) < 4.78 is 38.6. The van der Waals surface area contributed by atoms with Crippen molar-refractivity contribution in [2.45, 2.75) is 32.5 Å². The second-order valence-electron chi connectivity index (χ2n) is 5.35. The molecule has 1 aromatic rings. The number of thioether (sulfide) groups is 1. The molecule has 0 radical (unpaired) electrons. The van der Waals surface area contributed by atoms with Crippen LogP contribution < -0.4 is 5.32 Å². The molecule has 7 heteroatoms. The summed E-state index contributed by atoms with van der Waals surface area (Å²) in [4.78, 5) is 4.51. The summed E-state index contributed by atoms with van der Waals surface area (Å²) in [5, 5.41) is 3.67. The third-order valence-electron chi connectivity index (χ3n) is 2.98. The van der Waals surface area contributed by atoms with Crippen molar-refractivity contribution in [2.24, 2.45) is 10.9 Å². The highest BCUT2D eigenvalue weighted by molar-refractivity contribution is 9.10. The minimum Gasteiger partial charge on any atom is -0.335 e. The Morgan fingerprint density at radius 3 is 2.76 bits per heavy atom. The molecular formula is C14H16BrF3N2S. The third kappa shape index (κ3) is 4.64. The zero-order chi connectivity index (χ0) is 15.6. The number of amidine groups is 1. The lowest BCUT2D eigenvalue weighted by atomic mass is 10.1. The highest BCUT2D eigenvalue weighted by Gasteiger charge is 2.33. The molecule has 0 aromatic heterocycles. The molecule has 1 unspecified atom stereocenters. The molecule has 1 aliphatic rings. The lowest BCUT2D eigenvalue weighted by Crippen LogP contribution is -2.10. The van der Waals surface area contributed by atoms with Crippen molar-refractivity contribution in [3.63, 3.8) is 0 Å². The summed E-state index contributed by atoms with van der Waals surface area (Å²) in [5.74, 6) is 1.44. The van der Waals surface area contributed by atoms with Gasteiger partial charge >= 0.3 is 6.18 Å². The number of benzene rings is 1. The van der Waals surface area contributed by atoms with Crippen LogP contribution in [-0.2, 0) is 6.18 Å². The van der Waals surface area contributed by atoms with Crippen LogP contribution >= 0.6 is 27.7 Å². The molecule has 0 saturated heterocycles. The summed E-state index contributed by atoms with van der Waals surface area (Å²) in [6.45, 7) is 4.27. The zero-order valence-electron chi connectivity index (χ0n) is 11.7. The first-order valence-corrected chi connectivity index (χ1v) is 8.38. The Balaban J connectivity index is 2.11. The molecule has 0 bridgehead atoms. The molecule has 0 spiro atoms. The van der Waals surface area contributed by atoms with Gasteiger partial charge in [0.15, 0.2) is 5.17 Å². The van der Waals surface area contributed by atoms with E-state index in [0.29, 0.717) is 16.8 Å². The Labute approximate surface area is 134 Å². The van der Waals surface area contributed by atoms with E-state index in [1.807, 2.05) is 0 Å². The highest BCUT2D eigenvalue weighted by atomic mass is 79.9. The monoisotopic (exact) mass is 380 g/mol. The van der Waals surface area contributed by atoms with Gasteiger partial charge in [0.2, 0.25) is 0 Å². The number of halogens is 4. The normalized spacial score (nSPS) is 19.0. The maximum absolute atomic E-state index is 12.9. The highest BCUT2D eigenvalue weighted by Crippen LogP contribution is 2.36. The Kier molecular flexibility index (Phi) is 5.24. The minimum absolute atomic E-state index is 0.0410. The average Bonchev–Trinajstić information content (AvgIpc) is 2.76. The van der Waals surface area contributed by atoms with Gasteiger partial charge in [-0.05, 0) is 30.5 Å². The Bertz CT molecular complexity index is 544. The van der Waals surface area contributed by atoms with E-state index < -0.39 is 11.7 Å². The largest absolute Gasteiger partial charge is 0.417 e. The molecule has 116 valence electrons. The molecule has 1 aromatic carbocycles. The molecule has 2 nitrogen and oxygen atoms in total. The van der Waals surface area contributed by atoms with Gasteiger partial charge in [0.25, 0.3) is 0 Å². The predicted molar refractivity (Wildman–Crippen MR) is 85.9 cm³/mol. The molecule has 0 saturated carbocycles. The van der Waals surface area contributed by atoms with Crippen molar-refractivity contribution in [2.75, 3.05) is 11.1 Å². The van der Waals surface area contributed by atoms with Gasteiger partial charge in [0.1, 0.15) is 0 Å². The van der Waals surface area contributed by atoms with Crippen molar-refractivity contribution < 1.29 is 13.2 Å². The van der Waals surface area contributed by atoms with Crippen molar-refractivity contribution >= 4 is 38.5 Å². The molecular weight excluding hydrogens is 365 g/mol. The summed E-state index contributed by atoms with van der Waals surface area (Å²) in [5.41, 5.74) is -0.281. The van der Waals surface area contributed by atoms with Gasteiger partial charge in [0, 0.05) is 15.9 Å². The number of aliphatic imine (C=N–C) groups is 1. The summed E-state index contributed by atoms with van der Waals surface area (Å²) in [6, 6.07) is 4.35. The van der Waals surface area contributed by atoms with Gasteiger partial charge in [0.05, 0.1) is 11.6 Å². The molecule has 21 heavy (non-hydrogen) atoms. The van der Waals surface area contributed by atoms with Gasteiger partial charge in [-0.25, -0.2) is 0 Å². The first-order chi connectivity index (χ1) is 9.75. The maximum atomic E-state index is 12.9. The number of anilines is 1. The Morgan fingerprint density at radius 1 is 1.43 bits per heavy atom. The van der Waals surface area contributed by atoms with Crippen molar-refractivity contribution in [3.8, 4) is 0 Å². The van der Waals surface area contributed by atoms with Crippen molar-refractivity contribution in [1.29, 1.82) is 0 Å². The minimum atomic E-state index is -4.37. The van der Waals surface area contributed by atoms with Gasteiger partial charge in [-0.1, -0.05) is 41.5 Å². The van der Waals surface area contributed by atoms with E-state index in [1.54, 1.807) is 17.8 Å². The molecule has 1 N–H and O–H groups in total. The predicted octanol–water partition coefficient (Wildman–Crippen LogP) is 5.40. The smallest absolute Gasteiger partial charge is 0.335 e. The van der Waals surface area contributed by atoms with Gasteiger partial charge in [-0.3, -0.25) is 4.99 Å². The fourth-order valence-electron chi connectivity index (χ4n) is 2.09. The van der Waals surface area contributed by atoms with Crippen LogP contribution in [0.1, 0.15) is 25.8 Å². The molecule has 2 rings (SSSR count). The van der Waals surface area contributed by atoms with Crippen molar-refractivity contribution in [1.82, 2.24) is 0 Å². The second-order valence-corrected chi connectivity index (χ2v) is 7.21. The first kappa shape index (κ1) is 16.7. The zero-order valence-corrected chi connectivity index (χ0v) is 14.1. The third-order valence-corrected chi connectivity index (χ3v) is 4.70. The number of hydrogen-bond donors (Lipinski definition) is 1. The topological polar surface area (TPSA) is 24.4 Å². The fourth-order valence-corrected chi connectivity index (χ4v) is 3.54. The lowest BCUT2D eigenvalue weighted by molar-refractivity contribution is -0.138. The van der Waals surface area contributed by atoms with Crippen LogP contribution in [0.15, 0.2) is 27.7 Å². The molecule has 1 aliphatic heterocycles. The second kappa shape index (κ2) is 6.60. The van der Waals surface area contributed by atoms with Crippen LogP contribution in [0.25, 0.3) is 0 Å². The number of hydrogen-bond acceptors (Lipinski definition) is 3. The number of nitrogens with zero attached hydrogens (tertiary/aromatic N) is 1. The summed E-state index contributed by atoms with van der Waals surface area (Å²) in [7, 11) is 0. The van der Waals surface area contributed by atoms with E-state index in [0.717, 1.165) is 18.2 Å². The Hall–Kier alpha value is -0.690. The first-order valence-electron chi connectivity index (χ1n) is 6.60. The summed E-state index contributed by atoms with van der Waals surface area (Å²) in [6.07, 6.45) is -3.38. The van der Waals surface area contributed by atoms with Gasteiger partial charge in [-0.2, -0.15) is 13.2 Å². The van der Waals surface area contributed by atoms with Gasteiger partial charge in [-0.15, -0.1) is 0 Å². The molecule has 0 amide bonds. The van der Waals surface area contributed by atoms with E-state index in [-0.39, 0.29) is 10.5 Å². The van der Waals surface area contributed by atoms with E-state index in [2.05, 4.69) is 40.1 Å². The van der Waals surface area contributed by atoms with Crippen LogP contribution in [-0.4, -0.2) is 17.0 Å². The molecule has 0 fully saturated rings. The van der Waals surface area contributed by atoms with E-state index >= 15 is 0 Å². The molecule has 1 atom stereocenters. The van der Waals surface area contributed by atoms with Crippen LogP contribution in [0, 0.1) is 5.92 Å². The van der Waals surface area contributed by atoms with Crippen LogP contribution in [0.4, 0.5) is 18.9 Å². The number of alkyl halides is 3. The van der Waals surface area contributed by atoms with E-state index in [9.17, 15) is 13.2 Å². The summed E-state index contributed by atoms with van der Waals surface area (Å²) >= 11 is 4.48. The van der Waals surface area contributed by atoms with Crippen LogP contribution in [0.5, 0.6) is 0 Å². The van der Waals surface area contributed by atoms with E-state index in [1.165, 1.54) is 6.07 Å². The SMILES string of the molecule is CC(C)CC1CSC(Nc2ccc(Br)c(C(F)(F)F)c2)=N1. The van der Waals surface area contributed by atoms with E-state index in [4.69, 9.17) is 0 Å².